The van der Waals surface area contributed by atoms with Gasteiger partial charge in [-0.1, -0.05) is 24.3 Å². The van der Waals surface area contributed by atoms with Gasteiger partial charge < -0.3 is 15.0 Å². The molecular formula is C23H24FN3O3. The Bertz CT molecular complexity index is 961. The van der Waals surface area contributed by atoms with Crippen molar-refractivity contribution in [3.8, 4) is 6.07 Å². The number of anilines is 1. The number of carbonyl (C=O) groups is 2. The van der Waals surface area contributed by atoms with E-state index in [1.54, 1.807) is 31.2 Å². The highest BCUT2D eigenvalue weighted by atomic mass is 19.1. The number of nitriles is 1. The van der Waals surface area contributed by atoms with Crippen LogP contribution < -0.4 is 10.2 Å². The Hall–Kier alpha value is -3.66. The average molecular weight is 409 g/mol. The van der Waals surface area contributed by atoms with Gasteiger partial charge in [0.15, 0.2) is 6.10 Å². The molecule has 0 spiro atoms. The zero-order valence-corrected chi connectivity index (χ0v) is 17.3. The summed E-state index contributed by atoms with van der Waals surface area (Å²) in [7, 11) is 3.82. The highest BCUT2D eigenvalue weighted by Gasteiger charge is 2.22. The zero-order valence-electron chi connectivity index (χ0n) is 17.3. The molecule has 1 N–H and O–H groups in total. The molecule has 30 heavy (non-hydrogen) atoms. The van der Waals surface area contributed by atoms with E-state index in [-0.39, 0.29) is 11.4 Å². The smallest absolute Gasteiger partial charge is 0.349 e. The molecule has 6 nitrogen and oxygen atoms in total. The van der Waals surface area contributed by atoms with Crippen LogP contribution in [0.25, 0.3) is 6.08 Å². The Labute approximate surface area is 175 Å². The van der Waals surface area contributed by atoms with Crippen LogP contribution in [0.5, 0.6) is 0 Å². The SMILES string of the molecule is C[C@@H](OC(=O)/C(C#N)=C/c1ccc(N(C)C)cc1)C(=O)N[C@H](C)c1ccc(F)cc1. The summed E-state index contributed by atoms with van der Waals surface area (Å²) >= 11 is 0. The third kappa shape index (κ3) is 6.17. The van der Waals surface area contributed by atoms with E-state index in [0.717, 1.165) is 5.69 Å². The maximum atomic E-state index is 13.0. The van der Waals surface area contributed by atoms with Crippen molar-refractivity contribution in [3.05, 3.63) is 71.0 Å². The van der Waals surface area contributed by atoms with Gasteiger partial charge in [0.05, 0.1) is 6.04 Å². The molecule has 0 bridgehead atoms. The predicted molar refractivity (Wildman–Crippen MR) is 113 cm³/mol. The van der Waals surface area contributed by atoms with Gasteiger partial charge in [0.2, 0.25) is 0 Å². The van der Waals surface area contributed by atoms with Gasteiger partial charge in [0.1, 0.15) is 17.5 Å². The van der Waals surface area contributed by atoms with Crippen molar-refractivity contribution >= 4 is 23.6 Å². The van der Waals surface area contributed by atoms with E-state index in [0.29, 0.717) is 11.1 Å². The summed E-state index contributed by atoms with van der Waals surface area (Å²) in [5.74, 6) is -1.77. The molecule has 1 amide bonds. The first-order valence-electron chi connectivity index (χ1n) is 9.37. The summed E-state index contributed by atoms with van der Waals surface area (Å²) in [6.45, 7) is 3.16. The second-order valence-electron chi connectivity index (χ2n) is 6.99. The molecule has 0 radical (unpaired) electrons. The van der Waals surface area contributed by atoms with E-state index in [9.17, 15) is 19.2 Å². The van der Waals surface area contributed by atoms with E-state index < -0.39 is 24.0 Å². The summed E-state index contributed by atoms with van der Waals surface area (Å²) in [6.07, 6.45) is 0.307. The van der Waals surface area contributed by atoms with Crippen LogP contribution in [0.4, 0.5) is 10.1 Å². The zero-order chi connectivity index (χ0) is 22.3. The largest absolute Gasteiger partial charge is 0.448 e. The minimum atomic E-state index is -1.10. The molecular weight excluding hydrogens is 385 g/mol. The average Bonchev–Trinajstić information content (AvgIpc) is 2.72. The van der Waals surface area contributed by atoms with Crippen LogP contribution in [-0.4, -0.2) is 32.1 Å². The number of carbonyl (C=O) groups excluding carboxylic acids is 2. The van der Waals surface area contributed by atoms with E-state index in [2.05, 4.69) is 5.32 Å². The quantitative estimate of drug-likeness (QED) is 0.429. The maximum Gasteiger partial charge on any atom is 0.349 e. The molecule has 7 heteroatoms. The first kappa shape index (κ1) is 22.6. The van der Waals surface area contributed by atoms with Crippen molar-refractivity contribution in [2.45, 2.75) is 26.0 Å². The third-order valence-electron chi connectivity index (χ3n) is 4.44. The Morgan fingerprint density at radius 3 is 2.23 bits per heavy atom. The first-order valence-corrected chi connectivity index (χ1v) is 9.37. The Balaban J connectivity index is 2.00. The fourth-order valence-electron chi connectivity index (χ4n) is 2.62. The lowest BCUT2D eigenvalue weighted by atomic mass is 10.1. The van der Waals surface area contributed by atoms with Crippen LogP contribution in [0.15, 0.2) is 54.1 Å². The van der Waals surface area contributed by atoms with Crippen molar-refractivity contribution in [2.24, 2.45) is 0 Å². The van der Waals surface area contributed by atoms with E-state index >= 15 is 0 Å². The molecule has 0 unspecified atom stereocenters. The highest BCUT2D eigenvalue weighted by Crippen LogP contribution is 2.16. The number of nitrogens with one attached hydrogen (secondary N) is 1. The molecule has 0 saturated carbocycles. The predicted octanol–water partition coefficient (Wildman–Crippen LogP) is 3.61. The van der Waals surface area contributed by atoms with Gasteiger partial charge in [-0.05, 0) is 55.3 Å². The molecule has 0 fully saturated rings. The van der Waals surface area contributed by atoms with Gasteiger partial charge in [-0.2, -0.15) is 5.26 Å². The van der Waals surface area contributed by atoms with Crippen LogP contribution in [0.1, 0.15) is 31.0 Å². The van der Waals surface area contributed by atoms with Crippen LogP contribution in [0, 0.1) is 17.1 Å². The summed E-state index contributed by atoms with van der Waals surface area (Å²) in [5.41, 5.74) is 2.14. The number of halogens is 1. The Morgan fingerprint density at radius 1 is 1.10 bits per heavy atom. The molecule has 0 aliphatic rings. The number of hydrogen-bond acceptors (Lipinski definition) is 5. The molecule has 2 atom stereocenters. The van der Waals surface area contributed by atoms with Crippen molar-refractivity contribution in [2.75, 3.05) is 19.0 Å². The molecule has 0 aromatic heterocycles. The first-order chi connectivity index (χ1) is 14.2. The van der Waals surface area contributed by atoms with Crippen LogP contribution >= 0.6 is 0 Å². The van der Waals surface area contributed by atoms with Gasteiger partial charge in [-0.3, -0.25) is 4.79 Å². The van der Waals surface area contributed by atoms with Crippen molar-refractivity contribution < 1.29 is 18.7 Å². The lowest BCUT2D eigenvalue weighted by Gasteiger charge is -2.18. The van der Waals surface area contributed by atoms with Gasteiger partial charge in [-0.25, -0.2) is 9.18 Å². The maximum absolute atomic E-state index is 13.0. The van der Waals surface area contributed by atoms with E-state index in [4.69, 9.17) is 4.74 Å². The molecule has 0 aliphatic carbocycles. The molecule has 156 valence electrons. The topological polar surface area (TPSA) is 82.4 Å². The number of esters is 1. The van der Waals surface area contributed by atoms with Crippen LogP contribution in [0.3, 0.4) is 0 Å². The van der Waals surface area contributed by atoms with Gasteiger partial charge in [-0.15, -0.1) is 0 Å². The standard InChI is InChI=1S/C23H24FN3O3/c1-15(18-7-9-20(24)10-8-18)26-22(28)16(2)30-23(29)19(14-25)13-17-5-11-21(12-6-17)27(3)4/h5-13,15-16H,1-4H3,(H,26,28)/b19-13+/t15-,16-/m1/s1. The Kier molecular flexibility index (Phi) is 7.70. The monoisotopic (exact) mass is 409 g/mol. The lowest BCUT2D eigenvalue weighted by Crippen LogP contribution is -2.37. The summed E-state index contributed by atoms with van der Waals surface area (Å²) < 4.78 is 18.2. The van der Waals surface area contributed by atoms with Gasteiger partial charge in [0.25, 0.3) is 5.91 Å². The van der Waals surface area contributed by atoms with Crippen molar-refractivity contribution in [1.82, 2.24) is 5.32 Å². The minimum Gasteiger partial charge on any atom is -0.448 e. The summed E-state index contributed by atoms with van der Waals surface area (Å²) in [6, 6.07) is 14.4. The molecule has 0 heterocycles. The van der Waals surface area contributed by atoms with E-state index in [1.165, 1.54) is 25.1 Å². The normalized spacial score (nSPS) is 13.0. The number of hydrogen-bond donors (Lipinski definition) is 1. The Morgan fingerprint density at radius 2 is 1.70 bits per heavy atom. The van der Waals surface area contributed by atoms with Crippen LogP contribution in [0.2, 0.25) is 0 Å². The third-order valence-corrected chi connectivity index (χ3v) is 4.44. The van der Waals surface area contributed by atoms with E-state index in [1.807, 2.05) is 37.2 Å². The fourth-order valence-corrected chi connectivity index (χ4v) is 2.62. The number of nitrogens with zero attached hydrogens (tertiary/aromatic N) is 2. The van der Waals surface area contributed by atoms with Gasteiger partial charge in [0, 0.05) is 19.8 Å². The van der Waals surface area contributed by atoms with Gasteiger partial charge >= 0.3 is 5.97 Å². The highest BCUT2D eigenvalue weighted by molar-refractivity contribution is 5.99. The van der Waals surface area contributed by atoms with Crippen molar-refractivity contribution in [1.29, 1.82) is 5.26 Å². The van der Waals surface area contributed by atoms with Crippen LogP contribution in [-0.2, 0) is 14.3 Å². The summed E-state index contributed by atoms with van der Waals surface area (Å²) in [5, 5.41) is 12.0. The molecule has 0 saturated heterocycles. The number of amides is 1. The van der Waals surface area contributed by atoms with Crippen molar-refractivity contribution in [3.63, 3.8) is 0 Å². The number of rotatable bonds is 7. The summed E-state index contributed by atoms with van der Waals surface area (Å²) in [4.78, 5) is 26.6. The fraction of sp³-hybridized carbons (Fsp3) is 0.261. The molecule has 2 rings (SSSR count). The molecule has 2 aromatic carbocycles. The number of benzene rings is 2. The lowest BCUT2D eigenvalue weighted by molar-refractivity contribution is -0.151. The number of ether oxygens (including phenoxy) is 1. The minimum absolute atomic E-state index is 0.209. The second-order valence-corrected chi connectivity index (χ2v) is 6.99. The molecule has 2 aromatic rings. The molecule has 0 aliphatic heterocycles. The second kappa shape index (κ2) is 10.2.